The van der Waals surface area contributed by atoms with Crippen LogP contribution in [0.1, 0.15) is 31.2 Å². The lowest BCUT2D eigenvalue weighted by Gasteiger charge is -2.36. The molecule has 1 saturated heterocycles. The minimum absolute atomic E-state index is 0.0469. The van der Waals surface area contributed by atoms with E-state index < -0.39 is 10.3 Å². The van der Waals surface area contributed by atoms with E-state index >= 15 is 0 Å². The van der Waals surface area contributed by atoms with Gasteiger partial charge < -0.3 is 24.0 Å². The van der Waals surface area contributed by atoms with Gasteiger partial charge >= 0.3 is 5.97 Å². The van der Waals surface area contributed by atoms with E-state index in [1.807, 2.05) is 18.2 Å². The Morgan fingerprint density at radius 3 is 2.28 bits per heavy atom. The van der Waals surface area contributed by atoms with Gasteiger partial charge in [0, 0.05) is 44.0 Å². The fourth-order valence-corrected chi connectivity index (χ4v) is 5.29. The molecule has 2 aromatic carbocycles. The molecule has 2 aliphatic heterocycles. The molecule has 10 nitrogen and oxygen atoms in total. The first-order valence-corrected chi connectivity index (χ1v) is 12.3. The van der Waals surface area contributed by atoms with Crippen molar-refractivity contribution >= 4 is 23.3 Å². The van der Waals surface area contributed by atoms with Crippen LogP contribution in [0.2, 0.25) is 0 Å². The number of hydrogen-bond donors (Lipinski definition) is 0. The maximum Gasteiger partial charge on any atom is 0.317 e. The molecule has 1 saturated carbocycles. The predicted octanol–water partition coefficient (Wildman–Crippen LogP) is 3.07. The number of anilines is 1. The highest BCUT2D eigenvalue weighted by atomic mass is 16.6. The quantitative estimate of drug-likeness (QED) is 0.342. The Labute approximate surface area is 208 Å². The van der Waals surface area contributed by atoms with Gasteiger partial charge in [-0.1, -0.05) is 18.9 Å². The first-order chi connectivity index (χ1) is 17.5. The van der Waals surface area contributed by atoms with Gasteiger partial charge in [0.25, 0.3) is 11.6 Å². The van der Waals surface area contributed by atoms with Crippen LogP contribution in [0.4, 0.5) is 11.4 Å². The summed E-state index contributed by atoms with van der Waals surface area (Å²) >= 11 is 0. The molecule has 0 spiro atoms. The summed E-state index contributed by atoms with van der Waals surface area (Å²) in [6, 6.07) is 12.0. The molecule has 0 unspecified atom stereocenters. The number of nitro benzene ring substituents is 1. The van der Waals surface area contributed by atoms with Crippen LogP contribution < -0.4 is 14.4 Å². The van der Waals surface area contributed by atoms with Crippen molar-refractivity contribution < 1.29 is 28.7 Å². The average molecular weight is 496 g/mol. The molecule has 10 heteroatoms. The van der Waals surface area contributed by atoms with Crippen LogP contribution >= 0.6 is 0 Å². The van der Waals surface area contributed by atoms with Crippen molar-refractivity contribution in [3.8, 4) is 11.5 Å². The van der Waals surface area contributed by atoms with Crippen molar-refractivity contribution in [1.29, 1.82) is 0 Å². The van der Waals surface area contributed by atoms with E-state index in [1.165, 1.54) is 12.1 Å². The molecule has 2 fully saturated rings. The van der Waals surface area contributed by atoms with Crippen LogP contribution in [0, 0.1) is 10.1 Å². The summed E-state index contributed by atoms with van der Waals surface area (Å²) in [6.45, 7) is 2.85. The smallest absolute Gasteiger partial charge is 0.317 e. The first kappa shape index (κ1) is 23.9. The van der Waals surface area contributed by atoms with Crippen LogP contribution in [-0.2, 0) is 19.7 Å². The Kier molecular flexibility index (Phi) is 6.67. The van der Waals surface area contributed by atoms with E-state index in [9.17, 15) is 19.7 Å². The molecule has 36 heavy (non-hydrogen) atoms. The SMILES string of the molecule is O=C(COC(=O)C1(c2ccc3c(c2)OCCO3)CCCC1)N1CCN(c2ccc([N+](=O)[O-])cc2)CC1. The fourth-order valence-electron chi connectivity index (χ4n) is 5.29. The topological polar surface area (TPSA) is 111 Å². The third kappa shape index (κ3) is 4.67. The van der Waals surface area contributed by atoms with Gasteiger partial charge in [-0.15, -0.1) is 0 Å². The van der Waals surface area contributed by atoms with Gasteiger partial charge in [0.05, 0.1) is 10.3 Å². The van der Waals surface area contributed by atoms with Crippen LogP contribution in [0.5, 0.6) is 11.5 Å². The second-order valence-corrected chi connectivity index (χ2v) is 9.37. The number of nitrogens with zero attached hydrogens (tertiary/aromatic N) is 3. The summed E-state index contributed by atoms with van der Waals surface area (Å²) in [5, 5.41) is 10.9. The summed E-state index contributed by atoms with van der Waals surface area (Å²) in [7, 11) is 0. The summed E-state index contributed by atoms with van der Waals surface area (Å²) in [4.78, 5) is 40.4. The van der Waals surface area contributed by atoms with Crippen molar-refractivity contribution in [3.63, 3.8) is 0 Å². The summed E-state index contributed by atoms with van der Waals surface area (Å²) in [6.07, 6.45) is 3.19. The number of benzene rings is 2. The van der Waals surface area contributed by atoms with Crippen LogP contribution in [0.15, 0.2) is 42.5 Å². The van der Waals surface area contributed by atoms with Gasteiger partial charge in [-0.05, 0) is 42.7 Å². The molecule has 0 N–H and O–H groups in total. The molecule has 1 amide bonds. The number of piperazine rings is 1. The van der Waals surface area contributed by atoms with Gasteiger partial charge in [0.2, 0.25) is 0 Å². The van der Waals surface area contributed by atoms with E-state index in [2.05, 4.69) is 4.90 Å². The molecule has 2 aromatic rings. The van der Waals surface area contributed by atoms with Gasteiger partial charge in [-0.3, -0.25) is 19.7 Å². The molecule has 0 atom stereocenters. The normalized spacial score (nSPS) is 18.6. The molecule has 0 aromatic heterocycles. The zero-order valence-electron chi connectivity index (χ0n) is 20.0. The predicted molar refractivity (Wildman–Crippen MR) is 130 cm³/mol. The molecule has 2 heterocycles. The number of non-ortho nitro benzene ring substituents is 1. The van der Waals surface area contributed by atoms with Gasteiger partial charge in [0.1, 0.15) is 13.2 Å². The Morgan fingerprint density at radius 1 is 0.944 bits per heavy atom. The molecule has 0 radical (unpaired) electrons. The molecule has 0 bridgehead atoms. The summed E-state index contributed by atoms with van der Waals surface area (Å²) < 4.78 is 16.9. The first-order valence-electron chi connectivity index (χ1n) is 12.3. The Balaban J connectivity index is 1.17. The van der Waals surface area contributed by atoms with E-state index in [-0.39, 0.29) is 24.2 Å². The van der Waals surface area contributed by atoms with Gasteiger partial charge in [0.15, 0.2) is 18.1 Å². The summed E-state index contributed by atoms with van der Waals surface area (Å²) in [5.41, 5.74) is 0.996. The number of hydrogen-bond acceptors (Lipinski definition) is 8. The Morgan fingerprint density at radius 2 is 1.61 bits per heavy atom. The number of amides is 1. The lowest BCUT2D eigenvalue weighted by molar-refractivity contribution is -0.384. The number of esters is 1. The maximum atomic E-state index is 13.3. The highest BCUT2D eigenvalue weighted by Crippen LogP contribution is 2.45. The average Bonchev–Trinajstić information content (AvgIpc) is 3.43. The molecular weight excluding hydrogens is 466 g/mol. The number of nitro groups is 1. The van der Waals surface area contributed by atoms with Crippen molar-refractivity contribution in [2.45, 2.75) is 31.1 Å². The second-order valence-electron chi connectivity index (χ2n) is 9.37. The van der Waals surface area contributed by atoms with E-state index in [4.69, 9.17) is 14.2 Å². The van der Waals surface area contributed by atoms with Crippen LogP contribution in [0.3, 0.4) is 0 Å². The monoisotopic (exact) mass is 495 g/mol. The highest BCUT2D eigenvalue weighted by Gasteiger charge is 2.45. The fraction of sp³-hybridized carbons (Fsp3) is 0.462. The van der Waals surface area contributed by atoms with Gasteiger partial charge in [-0.2, -0.15) is 0 Å². The van der Waals surface area contributed by atoms with Crippen molar-refractivity contribution in [2.75, 3.05) is 50.9 Å². The molecule has 5 rings (SSSR count). The largest absolute Gasteiger partial charge is 0.486 e. The molecule has 1 aliphatic carbocycles. The highest BCUT2D eigenvalue weighted by molar-refractivity contribution is 5.87. The molecular formula is C26H29N3O7. The second kappa shape index (κ2) is 10.0. The zero-order chi connectivity index (χ0) is 25.1. The molecule has 3 aliphatic rings. The minimum Gasteiger partial charge on any atom is -0.486 e. The Hall–Kier alpha value is -3.82. The lowest BCUT2D eigenvalue weighted by atomic mass is 9.78. The van der Waals surface area contributed by atoms with E-state index in [0.717, 1.165) is 24.1 Å². The Bertz CT molecular complexity index is 1140. The number of fused-ring (bicyclic) bond motifs is 1. The van der Waals surface area contributed by atoms with E-state index in [1.54, 1.807) is 17.0 Å². The standard InChI is InChI=1S/C26H29N3O7/c30-24(28-13-11-27(12-14-28)20-4-6-21(7-5-20)29(32)33)18-36-25(31)26(9-1-2-10-26)19-3-8-22-23(17-19)35-16-15-34-22/h3-8,17H,1-2,9-16,18H2. The third-order valence-electron chi connectivity index (χ3n) is 7.33. The number of carbonyl (C=O) groups excluding carboxylic acids is 2. The van der Waals surface area contributed by atoms with Gasteiger partial charge in [-0.25, -0.2) is 0 Å². The maximum absolute atomic E-state index is 13.3. The van der Waals surface area contributed by atoms with Crippen molar-refractivity contribution in [2.24, 2.45) is 0 Å². The van der Waals surface area contributed by atoms with E-state index in [0.29, 0.717) is 63.7 Å². The van der Waals surface area contributed by atoms with Crippen molar-refractivity contribution in [1.82, 2.24) is 4.90 Å². The van der Waals surface area contributed by atoms with Crippen LogP contribution in [-0.4, -0.2) is 67.7 Å². The number of rotatable bonds is 6. The third-order valence-corrected chi connectivity index (χ3v) is 7.33. The number of carbonyl (C=O) groups is 2. The minimum atomic E-state index is -0.773. The summed E-state index contributed by atoms with van der Waals surface area (Å²) in [5.74, 6) is 0.728. The number of ether oxygens (including phenoxy) is 3. The zero-order valence-corrected chi connectivity index (χ0v) is 20.0. The van der Waals surface area contributed by atoms with Crippen molar-refractivity contribution in [3.05, 3.63) is 58.1 Å². The lowest BCUT2D eigenvalue weighted by Crippen LogP contribution is -2.50. The van der Waals surface area contributed by atoms with Crippen LogP contribution in [0.25, 0.3) is 0 Å². The molecule has 190 valence electrons.